The maximum absolute atomic E-state index is 12.8. The van der Waals surface area contributed by atoms with Crippen LogP contribution in [0.5, 0.6) is 0 Å². The predicted molar refractivity (Wildman–Crippen MR) is 105 cm³/mol. The van der Waals surface area contributed by atoms with Gasteiger partial charge in [0.15, 0.2) is 0 Å². The Morgan fingerprint density at radius 1 is 0.929 bits per heavy atom. The number of carbonyl (C=O) groups excluding carboxylic acids is 1. The number of non-ortho nitro benzene ring substituents is 1. The molecule has 1 fully saturated rings. The van der Waals surface area contributed by atoms with Gasteiger partial charge in [-0.2, -0.15) is 4.31 Å². The van der Waals surface area contributed by atoms with Gasteiger partial charge >= 0.3 is 0 Å². The van der Waals surface area contributed by atoms with E-state index >= 15 is 0 Å². The second-order valence-electron chi connectivity index (χ2n) is 6.60. The molecule has 0 saturated carbocycles. The lowest BCUT2D eigenvalue weighted by Gasteiger charge is -2.20. The van der Waals surface area contributed by atoms with E-state index in [1.54, 1.807) is 0 Å². The Morgan fingerprint density at radius 3 is 2.04 bits per heavy atom. The fourth-order valence-electron chi connectivity index (χ4n) is 3.08. The molecule has 148 valence electrons. The van der Waals surface area contributed by atoms with E-state index in [-0.39, 0.29) is 16.1 Å². The van der Waals surface area contributed by atoms with E-state index in [4.69, 9.17) is 0 Å². The average molecular weight is 403 g/mol. The van der Waals surface area contributed by atoms with Crippen LogP contribution in [0.3, 0.4) is 0 Å². The van der Waals surface area contributed by atoms with Gasteiger partial charge in [0, 0.05) is 36.5 Å². The van der Waals surface area contributed by atoms with Crippen molar-refractivity contribution >= 4 is 27.3 Å². The number of hydrogen-bond donors (Lipinski definition) is 1. The van der Waals surface area contributed by atoms with E-state index in [0.717, 1.165) is 25.7 Å². The van der Waals surface area contributed by atoms with Crippen molar-refractivity contribution in [2.45, 2.75) is 30.6 Å². The number of nitro groups is 1. The van der Waals surface area contributed by atoms with Crippen molar-refractivity contribution in [2.24, 2.45) is 0 Å². The smallest absolute Gasteiger partial charge is 0.269 e. The van der Waals surface area contributed by atoms with Gasteiger partial charge in [-0.1, -0.05) is 12.8 Å². The molecule has 0 spiro atoms. The minimum atomic E-state index is -3.54. The van der Waals surface area contributed by atoms with Crippen LogP contribution >= 0.6 is 0 Å². The Kier molecular flexibility index (Phi) is 6.05. The van der Waals surface area contributed by atoms with Crippen molar-refractivity contribution < 1.29 is 18.1 Å². The van der Waals surface area contributed by atoms with E-state index in [0.29, 0.717) is 18.8 Å². The second kappa shape index (κ2) is 8.49. The molecule has 0 aromatic heterocycles. The third-order valence-electron chi connectivity index (χ3n) is 4.66. The number of nitro benzene ring substituents is 1. The number of rotatable bonds is 5. The first kappa shape index (κ1) is 20.0. The summed E-state index contributed by atoms with van der Waals surface area (Å²) in [5.74, 6) is -0.432. The molecule has 1 N–H and O–H groups in total. The molecule has 1 amide bonds. The Balaban J connectivity index is 1.69. The third-order valence-corrected chi connectivity index (χ3v) is 6.57. The fourth-order valence-corrected chi connectivity index (χ4v) is 4.60. The van der Waals surface area contributed by atoms with Crippen molar-refractivity contribution in [3.8, 4) is 0 Å². The highest BCUT2D eigenvalue weighted by Gasteiger charge is 2.25. The largest absolute Gasteiger partial charge is 0.322 e. The van der Waals surface area contributed by atoms with E-state index < -0.39 is 20.9 Å². The molecule has 1 aliphatic heterocycles. The number of benzene rings is 2. The third kappa shape index (κ3) is 4.55. The van der Waals surface area contributed by atoms with Crippen molar-refractivity contribution in [1.82, 2.24) is 4.31 Å². The monoisotopic (exact) mass is 403 g/mol. The first-order valence-corrected chi connectivity index (χ1v) is 10.5. The van der Waals surface area contributed by atoms with E-state index in [1.807, 2.05) is 0 Å². The average Bonchev–Trinajstić information content (AvgIpc) is 2.98. The summed E-state index contributed by atoms with van der Waals surface area (Å²) in [5.41, 5.74) is 0.615. The molecule has 0 atom stereocenters. The van der Waals surface area contributed by atoms with Gasteiger partial charge in [-0.3, -0.25) is 14.9 Å². The highest BCUT2D eigenvalue weighted by atomic mass is 32.2. The summed E-state index contributed by atoms with van der Waals surface area (Å²) in [6.07, 6.45) is 3.81. The zero-order valence-corrected chi connectivity index (χ0v) is 16.0. The lowest BCUT2D eigenvalue weighted by molar-refractivity contribution is -0.384. The molecule has 2 aromatic carbocycles. The maximum Gasteiger partial charge on any atom is 0.269 e. The molecule has 3 rings (SSSR count). The summed E-state index contributed by atoms with van der Waals surface area (Å²) in [5, 5.41) is 13.3. The highest BCUT2D eigenvalue weighted by Crippen LogP contribution is 2.22. The highest BCUT2D eigenvalue weighted by molar-refractivity contribution is 7.89. The van der Waals surface area contributed by atoms with Gasteiger partial charge in [0.25, 0.3) is 11.6 Å². The summed E-state index contributed by atoms with van der Waals surface area (Å²) in [7, 11) is -3.54. The topological polar surface area (TPSA) is 110 Å². The molecule has 9 heteroatoms. The van der Waals surface area contributed by atoms with Gasteiger partial charge in [-0.25, -0.2) is 8.42 Å². The maximum atomic E-state index is 12.8. The molecule has 0 unspecified atom stereocenters. The molecule has 1 saturated heterocycles. The lowest BCUT2D eigenvalue weighted by Crippen LogP contribution is -2.31. The summed E-state index contributed by atoms with van der Waals surface area (Å²) in [6.45, 7) is 1.06. The zero-order valence-electron chi connectivity index (χ0n) is 15.2. The van der Waals surface area contributed by atoms with Crippen LogP contribution in [0.1, 0.15) is 36.0 Å². The molecule has 1 aliphatic rings. The number of nitrogens with zero attached hydrogens (tertiary/aromatic N) is 2. The summed E-state index contributed by atoms with van der Waals surface area (Å²) in [6, 6.07) is 11.3. The second-order valence-corrected chi connectivity index (χ2v) is 8.54. The molecule has 0 radical (unpaired) electrons. The standard InChI is InChI=1S/C19H21N3O5S/c23-19(15-5-9-17(10-6-15)22(24)25)20-16-7-11-18(12-8-16)28(26,27)21-13-3-1-2-4-14-21/h5-12H,1-4,13-14H2,(H,20,23). The van der Waals surface area contributed by atoms with Crippen molar-refractivity contribution in [2.75, 3.05) is 18.4 Å². The van der Waals surface area contributed by atoms with Crippen molar-refractivity contribution in [3.63, 3.8) is 0 Å². The van der Waals surface area contributed by atoms with Crippen LogP contribution in [0.15, 0.2) is 53.4 Å². The minimum Gasteiger partial charge on any atom is -0.322 e. The lowest BCUT2D eigenvalue weighted by atomic mass is 10.2. The first-order chi connectivity index (χ1) is 13.4. The van der Waals surface area contributed by atoms with Crippen LogP contribution < -0.4 is 5.32 Å². The van der Waals surface area contributed by atoms with Gasteiger partial charge in [0.2, 0.25) is 10.0 Å². The quantitative estimate of drug-likeness (QED) is 0.608. The normalized spacial score (nSPS) is 15.6. The minimum absolute atomic E-state index is 0.0976. The molecule has 28 heavy (non-hydrogen) atoms. The van der Waals surface area contributed by atoms with Crippen molar-refractivity contribution in [1.29, 1.82) is 0 Å². The molecular formula is C19H21N3O5S. The SMILES string of the molecule is O=C(Nc1ccc(S(=O)(=O)N2CCCCCC2)cc1)c1ccc([N+](=O)[O-])cc1. The predicted octanol–water partition coefficient (Wildman–Crippen LogP) is 3.41. The Bertz CT molecular complexity index is 948. The Labute approximate surface area is 163 Å². The zero-order chi connectivity index (χ0) is 20.1. The molecule has 1 heterocycles. The molecular weight excluding hydrogens is 382 g/mol. The van der Waals surface area contributed by atoms with Gasteiger partial charge in [-0.05, 0) is 49.2 Å². The van der Waals surface area contributed by atoms with Crippen LogP contribution in [0.25, 0.3) is 0 Å². The van der Waals surface area contributed by atoms with Crippen LogP contribution in [-0.4, -0.2) is 36.6 Å². The summed E-state index contributed by atoms with van der Waals surface area (Å²) >= 11 is 0. The number of anilines is 1. The number of amides is 1. The van der Waals surface area contributed by atoms with Gasteiger partial charge < -0.3 is 5.32 Å². The van der Waals surface area contributed by atoms with E-state index in [9.17, 15) is 23.3 Å². The van der Waals surface area contributed by atoms with Crippen LogP contribution in [0.2, 0.25) is 0 Å². The van der Waals surface area contributed by atoms with Crippen LogP contribution in [-0.2, 0) is 10.0 Å². The number of nitrogens with one attached hydrogen (secondary N) is 1. The number of hydrogen-bond acceptors (Lipinski definition) is 5. The van der Waals surface area contributed by atoms with Gasteiger partial charge in [0.05, 0.1) is 9.82 Å². The van der Waals surface area contributed by atoms with Gasteiger partial charge in [0.1, 0.15) is 0 Å². The van der Waals surface area contributed by atoms with Crippen LogP contribution in [0.4, 0.5) is 11.4 Å². The number of carbonyl (C=O) groups is 1. The van der Waals surface area contributed by atoms with Gasteiger partial charge in [-0.15, -0.1) is 0 Å². The molecule has 0 bridgehead atoms. The Hall–Kier alpha value is -2.78. The Morgan fingerprint density at radius 2 is 1.50 bits per heavy atom. The van der Waals surface area contributed by atoms with Crippen LogP contribution in [0, 0.1) is 10.1 Å². The fraction of sp³-hybridized carbons (Fsp3) is 0.316. The van der Waals surface area contributed by atoms with E-state index in [1.165, 1.54) is 52.8 Å². The first-order valence-electron chi connectivity index (χ1n) is 9.04. The van der Waals surface area contributed by atoms with Crippen molar-refractivity contribution in [3.05, 3.63) is 64.2 Å². The van der Waals surface area contributed by atoms with E-state index in [2.05, 4.69) is 5.32 Å². The summed E-state index contributed by atoms with van der Waals surface area (Å²) < 4.78 is 27.0. The molecule has 2 aromatic rings. The summed E-state index contributed by atoms with van der Waals surface area (Å²) in [4.78, 5) is 22.6. The molecule has 8 nitrogen and oxygen atoms in total. The molecule has 0 aliphatic carbocycles. The number of sulfonamides is 1.